The molecule has 2 amide bonds. The second-order valence-corrected chi connectivity index (χ2v) is 12.6. The van der Waals surface area contributed by atoms with E-state index in [0.29, 0.717) is 18.8 Å². The molecule has 0 aromatic heterocycles. The molecule has 3 aliphatic carbocycles. The predicted molar refractivity (Wildman–Crippen MR) is 147 cm³/mol. The summed E-state index contributed by atoms with van der Waals surface area (Å²) in [6.45, 7) is 3.99. The molecule has 0 aromatic rings. The zero-order chi connectivity index (χ0) is 26.8. The number of rotatable bonds is 7. The summed E-state index contributed by atoms with van der Waals surface area (Å²) in [5, 5.41) is 10.1. The van der Waals surface area contributed by atoms with Crippen LogP contribution in [0.2, 0.25) is 0 Å². The van der Waals surface area contributed by atoms with Gasteiger partial charge in [0.2, 0.25) is 11.9 Å². The summed E-state index contributed by atoms with van der Waals surface area (Å²) < 4.78 is 0. The van der Waals surface area contributed by atoms with E-state index in [-0.39, 0.29) is 35.9 Å². The first-order valence-corrected chi connectivity index (χ1v) is 15.7. The van der Waals surface area contributed by atoms with Gasteiger partial charge < -0.3 is 14.9 Å². The second-order valence-electron chi connectivity index (χ2n) is 12.6. The minimum absolute atomic E-state index is 0.00379. The van der Waals surface area contributed by atoms with Crippen LogP contribution in [-0.4, -0.2) is 79.8 Å². The summed E-state index contributed by atoms with van der Waals surface area (Å²) in [5.74, 6) is 0.0332. The van der Waals surface area contributed by atoms with Crippen molar-refractivity contribution in [3.63, 3.8) is 0 Å². The summed E-state index contributed by atoms with van der Waals surface area (Å²) >= 11 is 0. The zero-order valence-electron chi connectivity index (χ0n) is 23.5. The van der Waals surface area contributed by atoms with Crippen molar-refractivity contribution in [2.75, 3.05) is 0 Å². The molecular formula is C30H48N4O4. The number of aliphatic imine (C=N–C) groups is 1. The van der Waals surface area contributed by atoms with Gasteiger partial charge in [0.25, 0.3) is 5.91 Å². The summed E-state index contributed by atoms with van der Waals surface area (Å²) in [6.07, 6.45) is 17.1. The predicted octanol–water partition coefficient (Wildman–Crippen LogP) is 4.95. The average Bonchev–Trinajstić information content (AvgIpc) is 3.45. The largest absolute Gasteiger partial charge is 0.480 e. The fourth-order valence-corrected chi connectivity index (χ4v) is 8.14. The van der Waals surface area contributed by atoms with Crippen LogP contribution >= 0.6 is 0 Å². The van der Waals surface area contributed by atoms with Crippen molar-refractivity contribution in [1.82, 2.24) is 14.7 Å². The lowest BCUT2D eigenvalue weighted by Crippen LogP contribution is -2.56. The Balaban J connectivity index is 1.50. The minimum atomic E-state index is -0.900. The molecule has 0 radical (unpaired) electrons. The molecule has 0 bridgehead atoms. The number of hydrogen-bond donors (Lipinski definition) is 1. The van der Waals surface area contributed by atoms with Gasteiger partial charge in [0.1, 0.15) is 18.1 Å². The Morgan fingerprint density at radius 3 is 2.24 bits per heavy atom. The number of amides is 2. The van der Waals surface area contributed by atoms with Crippen LogP contribution in [0.1, 0.15) is 123 Å². The summed E-state index contributed by atoms with van der Waals surface area (Å²) in [5.41, 5.74) is 0. The van der Waals surface area contributed by atoms with Gasteiger partial charge in [-0.3, -0.25) is 14.5 Å². The highest BCUT2D eigenvalue weighted by atomic mass is 16.4. The van der Waals surface area contributed by atoms with Gasteiger partial charge in [-0.05, 0) is 64.2 Å². The first-order valence-electron chi connectivity index (χ1n) is 15.7. The number of guanidine groups is 1. The Kier molecular flexibility index (Phi) is 8.63. The molecule has 3 saturated carbocycles. The van der Waals surface area contributed by atoms with Gasteiger partial charge in [0.05, 0.1) is 6.04 Å². The van der Waals surface area contributed by atoms with Crippen molar-refractivity contribution in [3.8, 4) is 0 Å². The first kappa shape index (κ1) is 27.4. The van der Waals surface area contributed by atoms with Crippen LogP contribution in [0, 0.1) is 5.92 Å². The van der Waals surface area contributed by atoms with Crippen molar-refractivity contribution in [2.24, 2.45) is 10.9 Å². The third-order valence-electron chi connectivity index (χ3n) is 10.1. The van der Waals surface area contributed by atoms with Gasteiger partial charge in [-0.1, -0.05) is 64.7 Å². The lowest BCUT2D eigenvalue weighted by Gasteiger charge is -2.39. The molecule has 1 N–H and O–H groups in total. The summed E-state index contributed by atoms with van der Waals surface area (Å²) in [7, 11) is 0. The molecule has 2 saturated heterocycles. The van der Waals surface area contributed by atoms with Crippen LogP contribution in [-0.2, 0) is 14.4 Å². The van der Waals surface area contributed by atoms with E-state index in [0.717, 1.165) is 83.5 Å². The van der Waals surface area contributed by atoms with Gasteiger partial charge in [-0.15, -0.1) is 0 Å². The molecule has 5 aliphatic rings. The minimum Gasteiger partial charge on any atom is -0.480 e. The molecular weight excluding hydrogens is 480 g/mol. The molecule has 38 heavy (non-hydrogen) atoms. The maximum atomic E-state index is 14.3. The molecule has 5 unspecified atom stereocenters. The SMILES string of the molecule is CCCC1C(=O)N(C2CCCCC2)C(=NC2CCCCC2)N1C(C)C(=O)N1C(C(=O)O)CC2CCCCC21. The Labute approximate surface area is 228 Å². The number of carboxylic acids is 1. The Hall–Kier alpha value is -2.12. The molecule has 0 spiro atoms. The van der Waals surface area contributed by atoms with Gasteiger partial charge in [-0.25, -0.2) is 9.79 Å². The second kappa shape index (κ2) is 12.0. The highest BCUT2D eigenvalue weighted by molar-refractivity contribution is 6.08. The van der Waals surface area contributed by atoms with Crippen molar-refractivity contribution >= 4 is 23.7 Å². The van der Waals surface area contributed by atoms with E-state index in [2.05, 4.69) is 6.92 Å². The topological polar surface area (TPSA) is 93.5 Å². The number of carbonyl (C=O) groups is 3. The van der Waals surface area contributed by atoms with Crippen LogP contribution in [0.15, 0.2) is 4.99 Å². The normalized spacial score (nSPS) is 33.2. The molecule has 5 rings (SSSR count). The lowest BCUT2D eigenvalue weighted by atomic mass is 9.84. The van der Waals surface area contributed by atoms with E-state index in [9.17, 15) is 19.5 Å². The van der Waals surface area contributed by atoms with Gasteiger partial charge >= 0.3 is 5.97 Å². The highest BCUT2D eigenvalue weighted by Gasteiger charge is 2.53. The van der Waals surface area contributed by atoms with Gasteiger partial charge in [-0.2, -0.15) is 0 Å². The van der Waals surface area contributed by atoms with Crippen molar-refractivity contribution < 1.29 is 19.5 Å². The van der Waals surface area contributed by atoms with Gasteiger partial charge in [0.15, 0.2) is 0 Å². The number of fused-ring (bicyclic) bond motifs is 1. The number of carboxylic acid groups (broad SMARTS) is 1. The maximum absolute atomic E-state index is 14.3. The van der Waals surface area contributed by atoms with Crippen LogP contribution < -0.4 is 0 Å². The molecule has 5 atom stereocenters. The Morgan fingerprint density at radius 1 is 0.947 bits per heavy atom. The van der Waals surface area contributed by atoms with E-state index in [4.69, 9.17) is 4.99 Å². The standard InChI is InChI=1S/C30H48N4O4/c1-3-12-25-28(36)33(23-16-8-5-9-17-23)30(31-22-14-6-4-7-15-22)32(25)20(2)27(35)34-24-18-11-10-13-21(24)19-26(34)29(37)38/h20-26H,3-19H2,1-2H3,(H,37,38). The molecule has 8 nitrogen and oxygen atoms in total. The van der Waals surface area contributed by atoms with Crippen molar-refractivity contribution in [3.05, 3.63) is 0 Å². The molecule has 0 aromatic carbocycles. The lowest BCUT2D eigenvalue weighted by molar-refractivity contribution is -0.152. The van der Waals surface area contributed by atoms with Crippen molar-refractivity contribution in [1.29, 1.82) is 0 Å². The number of hydrogen-bond acceptors (Lipinski definition) is 4. The van der Waals surface area contributed by atoms with Crippen LogP contribution in [0.5, 0.6) is 0 Å². The maximum Gasteiger partial charge on any atom is 0.326 e. The van der Waals surface area contributed by atoms with E-state index < -0.39 is 24.1 Å². The third kappa shape index (κ3) is 5.21. The number of likely N-dealkylation sites (tertiary alicyclic amines) is 1. The monoisotopic (exact) mass is 528 g/mol. The number of carbonyl (C=O) groups excluding carboxylic acids is 2. The highest BCUT2D eigenvalue weighted by Crippen LogP contribution is 2.41. The molecule has 2 aliphatic heterocycles. The van der Waals surface area contributed by atoms with Crippen LogP contribution in [0.3, 0.4) is 0 Å². The van der Waals surface area contributed by atoms with E-state index in [1.165, 1.54) is 12.8 Å². The fraction of sp³-hybridized carbons (Fsp3) is 0.867. The number of aliphatic carboxylic acids is 1. The average molecular weight is 529 g/mol. The smallest absolute Gasteiger partial charge is 0.326 e. The summed E-state index contributed by atoms with van der Waals surface area (Å²) in [4.78, 5) is 51.7. The number of nitrogens with zero attached hydrogens (tertiary/aromatic N) is 4. The van der Waals surface area contributed by atoms with E-state index in [1.54, 1.807) is 4.90 Å². The molecule has 5 fully saturated rings. The van der Waals surface area contributed by atoms with E-state index >= 15 is 0 Å². The first-order chi connectivity index (χ1) is 18.4. The van der Waals surface area contributed by atoms with Crippen LogP contribution in [0.25, 0.3) is 0 Å². The zero-order valence-corrected chi connectivity index (χ0v) is 23.5. The van der Waals surface area contributed by atoms with Crippen LogP contribution in [0.4, 0.5) is 0 Å². The molecule has 2 heterocycles. The molecule has 8 heteroatoms. The third-order valence-corrected chi connectivity index (χ3v) is 10.1. The Morgan fingerprint density at radius 2 is 1.58 bits per heavy atom. The summed E-state index contributed by atoms with van der Waals surface area (Å²) in [6, 6.07) is -1.47. The quantitative estimate of drug-likeness (QED) is 0.504. The fourth-order valence-electron chi connectivity index (χ4n) is 8.14. The Bertz CT molecular complexity index is 910. The van der Waals surface area contributed by atoms with Gasteiger partial charge in [0, 0.05) is 12.1 Å². The molecule has 212 valence electrons. The van der Waals surface area contributed by atoms with E-state index in [1.807, 2.05) is 16.7 Å². The van der Waals surface area contributed by atoms with Crippen molar-refractivity contribution in [2.45, 2.75) is 159 Å².